The lowest BCUT2D eigenvalue weighted by Gasteiger charge is -2.31. The number of benzene rings is 1. The van der Waals surface area contributed by atoms with Crippen LogP contribution in [0.15, 0.2) is 24.3 Å². The maximum atomic E-state index is 6.02. The van der Waals surface area contributed by atoms with E-state index >= 15 is 0 Å². The van der Waals surface area contributed by atoms with Crippen LogP contribution in [0.5, 0.6) is 0 Å². The first-order valence-corrected chi connectivity index (χ1v) is 8.14. The van der Waals surface area contributed by atoms with Crippen molar-refractivity contribution in [2.45, 2.75) is 38.0 Å². The van der Waals surface area contributed by atoms with Gasteiger partial charge in [-0.25, -0.2) is 0 Å². The molecule has 2 rings (SSSR count). The maximum Gasteiger partial charge on any atom is 0.0587 e. The van der Waals surface area contributed by atoms with Gasteiger partial charge in [0, 0.05) is 25.2 Å². The summed E-state index contributed by atoms with van der Waals surface area (Å²) in [6, 6.07) is 8.42. The third kappa shape index (κ3) is 4.76. The van der Waals surface area contributed by atoms with Crippen LogP contribution in [0.3, 0.4) is 0 Å². The molecule has 1 saturated carbocycles. The van der Waals surface area contributed by atoms with E-state index in [1.807, 2.05) is 12.1 Å². The molecule has 0 radical (unpaired) electrons. The van der Waals surface area contributed by atoms with Gasteiger partial charge in [-0.2, -0.15) is 0 Å². The summed E-state index contributed by atoms with van der Waals surface area (Å²) < 4.78 is 5.11. The highest BCUT2D eigenvalue weighted by atomic mass is 35.5. The number of rotatable bonds is 7. The smallest absolute Gasteiger partial charge is 0.0587 e. The van der Waals surface area contributed by atoms with Crippen molar-refractivity contribution in [1.82, 2.24) is 5.32 Å². The first-order chi connectivity index (χ1) is 9.81. The summed E-state index contributed by atoms with van der Waals surface area (Å²) in [5.41, 5.74) is 1.42. The summed E-state index contributed by atoms with van der Waals surface area (Å²) in [5.74, 6) is 1.41. The lowest BCUT2D eigenvalue weighted by atomic mass is 9.77. The van der Waals surface area contributed by atoms with Gasteiger partial charge in [-0.15, -0.1) is 0 Å². The Kier molecular flexibility index (Phi) is 6.85. The van der Waals surface area contributed by atoms with E-state index in [1.54, 1.807) is 7.11 Å². The van der Waals surface area contributed by atoms with Crippen LogP contribution in [0.4, 0.5) is 0 Å². The van der Waals surface area contributed by atoms with E-state index < -0.39 is 0 Å². The number of hydrogen-bond acceptors (Lipinski definition) is 2. The van der Waals surface area contributed by atoms with Gasteiger partial charge in [0.05, 0.1) is 6.61 Å². The fourth-order valence-electron chi connectivity index (χ4n) is 3.23. The standard InChI is InChI=1S/C17H26ClNO/c1-20-12-11-19-13-17(14-5-3-2-4-6-14)15-7-9-16(18)10-8-15/h7-10,14,17,19H,2-6,11-13H2,1H3. The van der Waals surface area contributed by atoms with Crippen LogP contribution in [-0.2, 0) is 4.74 Å². The van der Waals surface area contributed by atoms with Gasteiger partial charge in [-0.05, 0) is 42.4 Å². The second-order valence-corrected chi connectivity index (χ2v) is 6.19. The Balaban J connectivity index is 2.00. The van der Waals surface area contributed by atoms with Gasteiger partial charge >= 0.3 is 0 Å². The molecule has 1 fully saturated rings. The minimum absolute atomic E-state index is 0.601. The van der Waals surface area contributed by atoms with Crippen LogP contribution in [0.2, 0.25) is 5.02 Å². The average molecular weight is 296 g/mol. The monoisotopic (exact) mass is 295 g/mol. The molecule has 112 valence electrons. The number of methoxy groups -OCH3 is 1. The Morgan fingerprint density at radius 1 is 1.20 bits per heavy atom. The highest BCUT2D eigenvalue weighted by molar-refractivity contribution is 6.30. The van der Waals surface area contributed by atoms with Crippen molar-refractivity contribution in [1.29, 1.82) is 0 Å². The highest BCUT2D eigenvalue weighted by Crippen LogP contribution is 2.36. The molecular weight excluding hydrogens is 270 g/mol. The van der Waals surface area contributed by atoms with Gasteiger partial charge in [0.15, 0.2) is 0 Å². The normalized spacial score (nSPS) is 18.1. The molecule has 1 unspecified atom stereocenters. The summed E-state index contributed by atoms with van der Waals surface area (Å²) in [6.07, 6.45) is 6.89. The van der Waals surface area contributed by atoms with E-state index in [0.717, 1.165) is 30.6 Å². The quantitative estimate of drug-likeness (QED) is 0.760. The SMILES string of the molecule is COCCNCC(c1ccc(Cl)cc1)C1CCCCC1. The Labute approximate surface area is 127 Å². The molecule has 0 bridgehead atoms. The third-order valence-corrected chi connectivity index (χ3v) is 4.62. The molecule has 0 spiro atoms. The predicted molar refractivity (Wildman–Crippen MR) is 85.5 cm³/mol. The average Bonchev–Trinajstić information content (AvgIpc) is 2.50. The molecular formula is C17H26ClNO. The fourth-order valence-corrected chi connectivity index (χ4v) is 3.36. The molecule has 1 aromatic carbocycles. The molecule has 0 heterocycles. The summed E-state index contributed by atoms with van der Waals surface area (Å²) in [4.78, 5) is 0. The van der Waals surface area contributed by atoms with Crippen molar-refractivity contribution in [3.8, 4) is 0 Å². The number of nitrogens with one attached hydrogen (secondary N) is 1. The van der Waals surface area contributed by atoms with Crippen LogP contribution in [0.1, 0.15) is 43.6 Å². The fraction of sp³-hybridized carbons (Fsp3) is 0.647. The van der Waals surface area contributed by atoms with Crippen molar-refractivity contribution in [2.24, 2.45) is 5.92 Å². The number of hydrogen-bond donors (Lipinski definition) is 1. The summed E-state index contributed by atoms with van der Waals surface area (Å²) >= 11 is 6.02. The molecule has 0 aromatic heterocycles. The van der Waals surface area contributed by atoms with Crippen molar-refractivity contribution in [3.63, 3.8) is 0 Å². The molecule has 3 heteroatoms. The molecule has 1 N–H and O–H groups in total. The Morgan fingerprint density at radius 2 is 1.90 bits per heavy atom. The summed E-state index contributed by atoms with van der Waals surface area (Å²) in [6.45, 7) is 2.74. The van der Waals surface area contributed by atoms with E-state index in [-0.39, 0.29) is 0 Å². The minimum Gasteiger partial charge on any atom is -0.383 e. The van der Waals surface area contributed by atoms with Gasteiger partial charge in [0.1, 0.15) is 0 Å². The summed E-state index contributed by atoms with van der Waals surface area (Å²) in [7, 11) is 1.75. The molecule has 0 aliphatic heterocycles. The number of ether oxygens (including phenoxy) is 1. The predicted octanol–water partition coefficient (Wildman–Crippen LogP) is 4.24. The van der Waals surface area contributed by atoms with Crippen LogP contribution in [0.25, 0.3) is 0 Å². The van der Waals surface area contributed by atoms with E-state index in [1.165, 1.54) is 37.7 Å². The van der Waals surface area contributed by atoms with E-state index in [9.17, 15) is 0 Å². The molecule has 0 amide bonds. The van der Waals surface area contributed by atoms with Crippen LogP contribution in [0, 0.1) is 5.92 Å². The first kappa shape index (κ1) is 15.8. The maximum absolute atomic E-state index is 6.02. The molecule has 1 aliphatic carbocycles. The van der Waals surface area contributed by atoms with Crippen molar-refractivity contribution in [2.75, 3.05) is 26.8 Å². The van der Waals surface area contributed by atoms with Crippen LogP contribution in [-0.4, -0.2) is 26.8 Å². The number of halogens is 1. The van der Waals surface area contributed by atoms with Crippen LogP contribution >= 0.6 is 11.6 Å². The zero-order chi connectivity index (χ0) is 14.2. The van der Waals surface area contributed by atoms with Crippen molar-refractivity contribution in [3.05, 3.63) is 34.9 Å². The van der Waals surface area contributed by atoms with Crippen LogP contribution < -0.4 is 5.32 Å². The van der Waals surface area contributed by atoms with Gasteiger partial charge in [0.25, 0.3) is 0 Å². The largest absolute Gasteiger partial charge is 0.383 e. The van der Waals surface area contributed by atoms with E-state index in [4.69, 9.17) is 16.3 Å². The summed E-state index contributed by atoms with van der Waals surface area (Å²) in [5, 5.41) is 4.36. The zero-order valence-electron chi connectivity index (χ0n) is 12.4. The topological polar surface area (TPSA) is 21.3 Å². The molecule has 1 aliphatic rings. The molecule has 1 atom stereocenters. The molecule has 2 nitrogen and oxygen atoms in total. The van der Waals surface area contributed by atoms with Gasteiger partial charge in [0.2, 0.25) is 0 Å². The Hall–Kier alpha value is -0.570. The van der Waals surface area contributed by atoms with Gasteiger partial charge in [-0.3, -0.25) is 0 Å². The van der Waals surface area contributed by atoms with E-state index in [2.05, 4.69) is 17.4 Å². The highest BCUT2D eigenvalue weighted by Gasteiger charge is 2.24. The lowest BCUT2D eigenvalue weighted by Crippen LogP contribution is -2.30. The molecule has 20 heavy (non-hydrogen) atoms. The third-order valence-electron chi connectivity index (χ3n) is 4.36. The van der Waals surface area contributed by atoms with E-state index in [0.29, 0.717) is 5.92 Å². The Morgan fingerprint density at radius 3 is 2.55 bits per heavy atom. The second-order valence-electron chi connectivity index (χ2n) is 5.75. The zero-order valence-corrected chi connectivity index (χ0v) is 13.2. The minimum atomic E-state index is 0.601. The Bertz CT molecular complexity index is 373. The van der Waals surface area contributed by atoms with Gasteiger partial charge < -0.3 is 10.1 Å². The van der Waals surface area contributed by atoms with Crippen molar-refractivity contribution < 1.29 is 4.74 Å². The molecule has 0 saturated heterocycles. The molecule has 1 aromatic rings. The van der Waals surface area contributed by atoms with Crippen molar-refractivity contribution >= 4 is 11.6 Å². The second kappa shape index (κ2) is 8.66. The van der Waals surface area contributed by atoms with Gasteiger partial charge in [-0.1, -0.05) is 43.0 Å². The lowest BCUT2D eigenvalue weighted by molar-refractivity contribution is 0.196. The first-order valence-electron chi connectivity index (χ1n) is 7.76.